The lowest BCUT2D eigenvalue weighted by Crippen LogP contribution is -2.07. The molecule has 9 heteroatoms. The lowest BCUT2D eigenvalue weighted by atomic mass is 10.1. The van der Waals surface area contributed by atoms with Crippen LogP contribution in [0.5, 0.6) is 11.5 Å². The highest BCUT2D eigenvalue weighted by atomic mass is 19.1. The van der Waals surface area contributed by atoms with Gasteiger partial charge >= 0.3 is 0 Å². The molecule has 0 saturated carbocycles. The van der Waals surface area contributed by atoms with Crippen molar-refractivity contribution >= 4 is 28.2 Å². The van der Waals surface area contributed by atoms with E-state index in [1.807, 2.05) is 6.07 Å². The molecule has 0 bridgehead atoms. The predicted octanol–water partition coefficient (Wildman–Crippen LogP) is 4.41. The maximum Gasteiger partial charge on any atom is 0.163 e. The summed E-state index contributed by atoms with van der Waals surface area (Å²) >= 11 is 0. The smallest absolute Gasteiger partial charge is 0.163 e. The highest BCUT2D eigenvalue weighted by Crippen LogP contribution is 2.35. The van der Waals surface area contributed by atoms with Gasteiger partial charge in [-0.3, -0.25) is 4.79 Å². The van der Waals surface area contributed by atoms with E-state index in [0.717, 1.165) is 25.7 Å². The molecule has 0 atom stereocenters. The van der Waals surface area contributed by atoms with Gasteiger partial charge in [0.05, 0.1) is 24.3 Å². The van der Waals surface area contributed by atoms with Gasteiger partial charge in [0, 0.05) is 30.7 Å². The SMILES string of the molecule is C#Cc1cc(Nc2ncnc3cc(OCCOC)c(OCCCCCCC(=O)CO)cc23)ccc1F. The van der Waals surface area contributed by atoms with E-state index in [9.17, 15) is 9.18 Å². The number of ether oxygens (including phenoxy) is 3. The van der Waals surface area contributed by atoms with E-state index < -0.39 is 12.4 Å². The van der Waals surface area contributed by atoms with E-state index in [4.69, 9.17) is 25.7 Å². The topological polar surface area (TPSA) is 103 Å². The second-order valence-corrected chi connectivity index (χ2v) is 8.05. The number of fused-ring (bicyclic) bond motifs is 1. The molecule has 0 amide bonds. The van der Waals surface area contributed by atoms with Crippen LogP contribution in [-0.2, 0) is 9.53 Å². The Morgan fingerprint density at radius 2 is 1.83 bits per heavy atom. The van der Waals surface area contributed by atoms with Crippen LogP contribution in [0.2, 0.25) is 0 Å². The van der Waals surface area contributed by atoms with Crippen LogP contribution in [-0.4, -0.2) is 54.4 Å². The monoisotopic (exact) mass is 495 g/mol. The zero-order chi connectivity index (χ0) is 25.8. The van der Waals surface area contributed by atoms with Gasteiger partial charge in [0.1, 0.15) is 31.2 Å². The quantitative estimate of drug-likeness (QED) is 0.236. The zero-order valence-corrected chi connectivity index (χ0v) is 20.3. The summed E-state index contributed by atoms with van der Waals surface area (Å²) in [6, 6.07) is 8.02. The number of hydrogen-bond acceptors (Lipinski definition) is 8. The molecule has 3 rings (SSSR count). The van der Waals surface area contributed by atoms with Crippen molar-refractivity contribution < 1.29 is 28.5 Å². The minimum absolute atomic E-state index is 0.136. The third kappa shape index (κ3) is 7.63. The summed E-state index contributed by atoms with van der Waals surface area (Å²) in [6.07, 6.45) is 10.5. The fourth-order valence-corrected chi connectivity index (χ4v) is 3.51. The van der Waals surface area contributed by atoms with Crippen molar-refractivity contribution in [2.45, 2.75) is 32.1 Å². The first-order valence-electron chi connectivity index (χ1n) is 11.7. The van der Waals surface area contributed by atoms with Gasteiger partial charge in [-0.25, -0.2) is 14.4 Å². The van der Waals surface area contributed by atoms with Gasteiger partial charge in [0.2, 0.25) is 0 Å². The molecule has 0 aliphatic carbocycles. The van der Waals surface area contributed by atoms with Crippen LogP contribution in [0.4, 0.5) is 15.9 Å². The van der Waals surface area contributed by atoms with Gasteiger partial charge in [0.15, 0.2) is 17.3 Å². The van der Waals surface area contributed by atoms with Gasteiger partial charge in [-0.05, 0) is 37.1 Å². The number of aliphatic hydroxyl groups is 1. The average Bonchev–Trinajstić information content (AvgIpc) is 2.89. The number of anilines is 2. The number of carbonyl (C=O) groups excluding carboxylic acids is 1. The second-order valence-electron chi connectivity index (χ2n) is 8.05. The minimum Gasteiger partial charge on any atom is -0.490 e. The number of nitrogens with zero attached hydrogens (tertiary/aromatic N) is 2. The van der Waals surface area contributed by atoms with Crippen LogP contribution in [0.1, 0.15) is 37.7 Å². The Hall–Kier alpha value is -3.74. The molecule has 8 nitrogen and oxygen atoms in total. The van der Waals surface area contributed by atoms with E-state index in [1.54, 1.807) is 19.2 Å². The Kier molecular flexibility index (Phi) is 10.4. The van der Waals surface area contributed by atoms with Gasteiger partial charge in [-0.15, -0.1) is 6.42 Å². The van der Waals surface area contributed by atoms with Crippen LogP contribution in [0.3, 0.4) is 0 Å². The van der Waals surface area contributed by atoms with Crippen molar-refractivity contribution in [2.75, 3.05) is 38.9 Å². The first-order chi connectivity index (χ1) is 17.5. The lowest BCUT2D eigenvalue weighted by molar-refractivity contribution is -0.121. The number of halogens is 1. The maximum atomic E-state index is 13.8. The maximum absolute atomic E-state index is 13.8. The molecule has 0 saturated heterocycles. The molecule has 3 aromatic rings. The number of ketones is 1. The third-order valence-corrected chi connectivity index (χ3v) is 5.41. The Bertz CT molecular complexity index is 1210. The molecule has 0 aliphatic rings. The van der Waals surface area contributed by atoms with Gasteiger partial charge in [0.25, 0.3) is 0 Å². The Balaban J connectivity index is 1.76. The Morgan fingerprint density at radius 1 is 1.06 bits per heavy atom. The molecule has 190 valence electrons. The zero-order valence-electron chi connectivity index (χ0n) is 20.3. The normalized spacial score (nSPS) is 10.7. The van der Waals surface area contributed by atoms with Crippen LogP contribution in [0.15, 0.2) is 36.7 Å². The van der Waals surface area contributed by atoms with Crippen LogP contribution >= 0.6 is 0 Å². The van der Waals surface area contributed by atoms with Crippen LogP contribution in [0.25, 0.3) is 10.9 Å². The summed E-state index contributed by atoms with van der Waals surface area (Å²) in [5, 5.41) is 12.7. The van der Waals surface area contributed by atoms with E-state index in [1.165, 1.54) is 18.5 Å². The Labute approximate surface area is 209 Å². The molecule has 1 aromatic heterocycles. The van der Waals surface area contributed by atoms with E-state index in [0.29, 0.717) is 60.1 Å². The molecular formula is C27H30FN3O5. The number of methoxy groups -OCH3 is 1. The molecule has 2 N–H and O–H groups in total. The number of Topliss-reactive ketones (excluding diaryl/α,β-unsaturated/α-hetero) is 1. The van der Waals surface area contributed by atoms with Crippen molar-refractivity contribution in [3.63, 3.8) is 0 Å². The fourth-order valence-electron chi connectivity index (χ4n) is 3.51. The molecule has 0 radical (unpaired) electrons. The van der Waals surface area contributed by atoms with Gasteiger partial charge in [-0.1, -0.05) is 18.8 Å². The van der Waals surface area contributed by atoms with E-state index >= 15 is 0 Å². The summed E-state index contributed by atoms with van der Waals surface area (Å²) in [4.78, 5) is 19.9. The largest absolute Gasteiger partial charge is 0.490 e. The number of aromatic nitrogens is 2. The number of carbonyl (C=O) groups is 1. The van der Waals surface area contributed by atoms with E-state index in [-0.39, 0.29) is 11.3 Å². The first-order valence-corrected chi connectivity index (χ1v) is 11.7. The van der Waals surface area contributed by atoms with Crippen LogP contribution in [0, 0.1) is 18.2 Å². The number of hydrogen-bond donors (Lipinski definition) is 2. The number of unbranched alkanes of at least 4 members (excludes halogenated alkanes) is 3. The third-order valence-electron chi connectivity index (χ3n) is 5.41. The van der Waals surface area contributed by atoms with Crippen molar-refractivity contribution in [3.8, 4) is 23.8 Å². The molecular weight excluding hydrogens is 465 g/mol. The molecule has 0 fully saturated rings. The highest BCUT2D eigenvalue weighted by molar-refractivity contribution is 5.93. The first kappa shape index (κ1) is 26.9. The van der Waals surface area contributed by atoms with Crippen molar-refractivity contribution in [1.29, 1.82) is 0 Å². The predicted molar refractivity (Wildman–Crippen MR) is 135 cm³/mol. The summed E-state index contributed by atoms with van der Waals surface area (Å²) in [6.45, 7) is 0.824. The molecule has 0 aliphatic heterocycles. The fraction of sp³-hybridized carbons (Fsp3) is 0.370. The number of terminal acetylenes is 1. The lowest BCUT2D eigenvalue weighted by Gasteiger charge is -2.15. The van der Waals surface area contributed by atoms with Crippen LogP contribution < -0.4 is 14.8 Å². The number of nitrogens with one attached hydrogen (secondary N) is 1. The van der Waals surface area contributed by atoms with Crippen molar-refractivity contribution in [3.05, 3.63) is 48.0 Å². The van der Waals surface area contributed by atoms with Crippen molar-refractivity contribution in [1.82, 2.24) is 9.97 Å². The number of rotatable bonds is 15. The average molecular weight is 496 g/mol. The van der Waals surface area contributed by atoms with Gasteiger partial charge in [-0.2, -0.15) is 0 Å². The molecule has 0 spiro atoms. The molecule has 36 heavy (non-hydrogen) atoms. The summed E-state index contributed by atoms with van der Waals surface area (Å²) in [7, 11) is 1.60. The number of benzene rings is 2. The summed E-state index contributed by atoms with van der Waals surface area (Å²) in [5.74, 6) is 3.31. The summed E-state index contributed by atoms with van der Waals surface area (Å²) in [5.41, 5.74) is 1.38. The Morgan fingerprint density at radius 3 is 2.61 bits per heavy atom. The summed E-state index contributed by atoms with van der Waals surface area (Å²) < 4.78 is 30.8. The molecule has 0 unspecified atom stereocenters. The molecule has 2 aromatic carbocycles. The van der Waals surface area contributed by atoms with Crippen molar-refractivity contribution in [2.24, 2.45) is 0 Å². The molecule has 1 heterocycles. The minimum atomic E-state index is -0.468. The second kappa shape index (κ2) is 14.0. The number of aliphatic hydroxyl groups excluding tert-OH is 1. The van der Waals surface area contributed by atoms with Gasteiger partial charge < -0.3 is 24.6 Å². The van der Waals surface area contributed by atoms with E-state index in [2.05, 4.69) is 21.2 Å². The standard InChI is InChI=1S/C27H30FN3O5/c1-3-19-14-20(9-10-23(19)28)31-27-22-15-25(35-11-7-5-4-6-8-21(33)17-32)26(36-13-12-34-2)16-24(22)29-18-30-27/h1,9-10,14-16,18,32H,4-8,11-13,17H2,2H3,(H,29,30,31). The highest BCUT2D eigenvalue weighted by Gasteiger charge is 2.13.